The third kappa shape index (κ3) is 2.84. The Morgan fingerprint density at radius 1 is 1.11 bits per heavy atom. The highest BCUT2D eigenvalue weighted by molar-refractivity contribution is 7.12. The Labute approximate surface area is 119 Å². The van der Waals surface area contributed by atoms with Crippen molar-refractivity contribution in [3.63, 3.8) is 0 Å². The van der Waals surface area contributed by atoms with Gasteiger partial charge < -0.3 is 5.32 Å². The van der Waals surface area contributed by atoms with Gasteiger partial charge in [0.1, 0.15) is 0 Å². The Balaban J connectivity index is 1.74. The van der Waals surface area contributed by atoms with Crippen molar-refractivity contribution in [2.45, 2.75) is 45.6 Å². The van der Waals surface area contributed by atoms with Crippen molar-refractivity contribution in [2.75, 3.05) is 5.32 Å². The van der Waals surface area contributed by atoms with E-state index in [-0.39, 0.29) is 0 Å². The Hall–Kier alpha value is -1.28. The SMILES string of the molecule is Cc1ccc(NC(C)c2cc3c(s2)CCCC3)cc1. The Morgan fingerprint density at radius 2 is 1.84 bits per heavy atom. The van der Waals surface area contributed by atoms with Gasteiger partial charge in [-0.1, -0.05) is 17.7 Å². The number of hydrogen-bond acceptors (Lipinski definition) is 2. The molecular formula is C17H21NS. The molecule has 100 valence electrons. The average molecular weight is 271 g/mol. The van der Waals surface area contributed by atoms with Crippen LogP contribution in [0, 0.1) is 6.92 Å². The first-order valence-electron chi connectivity index (χ1n) is 7.17. The lowest BCUT2D eigenvalue weighted by molar-refractivity contribution is 0.696. The van der Waals surface area contributed by atoms with E-state index in [1.54, 1.807) is 10.4 Å². The second kappa shape index (κ2) is 5.38. The minimum absolute atomic E-state index is 0.401. The lowest BCUT2D eigenvalue weighted by Gasteiger charge is -2.13. The molecule has 2 aromatic rings. The Kier molecular flexibility index (Phi) is 3.61. The molecule has 2 heteroatoms. The van der Waals surface area contributed by atoms with E-state index in [1.807, 2.05) is 11.3 Å². The molecule has 1 unspecified atom stereocenters. The number of nitrogens with one attached hydrogen (secondary N) is 1. The molecule has 0 amide bonds. The smallest absolute Gasteiger partial charge is 0.0578 e. The molecular weight excluding hydrogens is 250 g/mol. The van der Waals surface area contributed by atoms with Crippen molar-refractivity contribution >= 4 is 17.0 Å². The van der Waals surface area contributed by atoms with Crippen LogP contribution >= 0.6 is 11.3 Å². The molecule has 0 aliphatic heterocycles. The first-order valence-corrected chi connectivity index (χ1v) is 7.99. The van der Waals surface area contributed by atoms with Gasteiger partial charge in [0.25, 0.3) is 0 Å². The Morgan fingerprint density at radius 3 is 2.58 bits per heavy atom. The third-order valence-electron chi connectivity index (χ3n) is 3.88. The van der Waals surface area contributed by atoms with Crippen molar-refractivity contribution < 1.29 is 0 Å². The number of hydrogen-bond donors (Lipinski definition) is 1. The summed E-state index contributed by atoms with van der Waals surface area (Å²) in [4.78, 5) is 3.10. The van der Waals surface area contributed by atoms with Crippen LogP contribution in [0.25, 0.3) is 0 Å². The summed E-state index contributed by atoms with van der Waals surface area (Å²) in [5.74, 6) is 0. The lowest BCUT2D eigenvalue weighted by atomic mass is 9.99. The summed E-state index contributed by atoms with van der Waals surface area (Å²) in [7, 11) is 0. The molecule has 1 heterocycles. The van der Waals surface area contributed by atoms with Gasteiger partial charge in [0.15, 0.2) is 0 Å². The number of anilines is 1. The minimum Gasteiger partial charge on any atom is -0.378 e. The van der Waals surface area contributed by atoms with Gasteiger partial charge in [0.2, 0.25) is 0 Å². The topological polar surface area (TPSA) is 12.0 Å². The van der Waals surface area contributed by atoms with Crippen molar-refractivity contribution in [1.29, 1.82) is 0 Å². The molecule has 1 aromatic carbocycles. The number of thiophene rings is 1. The van der Waals surface area contributed by atoms with Crippen molar-refractivity contribution in [1.82, 2.24) is 0 Å². The highest BCUT2D eigenvalue weighted by Gasteiger charge is 2.16. The summed E-state index contributed by atoms with van der Waals surface area (Å²) in [5.41, 5.74) is 4.12. The van der Waals surface area contributed by atoms with Crippen LogP contribution in [0.3, 0.4) is 0 Å². The molecule has 0 fully saturated rings. The molecule has 1 nitrogen and oxygen atoms in total. The summed E-state index contributed by atoms with van der Waals surface area (Å²) < 4.78 is 0. The van der Waals surface area contributed by atoms with E-state index in [1.165, 1.54) is 41.8 Å². The zero-order chi connectivity index (χ0) is 13.2. The molecule has 1 aliphatic carbocycles. The number of rotatable bonds is 3. The van der Waals surface area contributed by atoms with Crippen LogP contribution in [0.1, 0.15) is 46.7 Å². The van der Waals surface area contributed by atoms with Crippen LogP contribution in [0.4, 0.5) is 5.69 Å². The molecule has 1 N–H and O–H groups in total. The highest BCUT2D eigenvalue weighted by atomic mass is 32.1. The molecule has 1 atom stereocenters. The monoisotopic (exact) mass is 271 g/mol. The van der Waals surface area contributed by atoms with Crippen LogP contribution in [-0.4, -0.2) is 0 Å². The summed E-state index contributed by atoms with van der Waals surface area (Å²) in [6.45, 7) is 4.39. The third-order valence-corrected chi connectivity index (χ3v) is 5.30. The molecule has 3 rings (SSSR count). The van der Waals surface area contributed by atoms with Gasteiger partial charge in [-0.15, -0.1) is 11.3 Å². The van der Waals surface area contributed by atoms with Gasteiger partial charge >= 0.3 is 0 Å². The first-order chi connectivity index (χ1) is 9.22. The van der Waals surface area contributed by atoms with E-state index in [0.29, 0.717) is 6.04 Å². The molecule has 1 aliphatic rings. The summed E-state index contributed by atoms with van der Waals surface area (Å²) in [5, 5.41) is 3.60. The molecule has 0 saturated heterocycles. The van der Waals surface area contributed by atoms with Crippen molar-refractivity contribution in [3.05, 3.63) is 51.2 Å². The van der Waals surface area contributed by atoms with E-state index < -0.39 is 0 Å². The van der Waals surface area contributed by atoms with E-state index in [4.69, 9.17) is 0 Å². The maximum absolute atomic E-state index is 3.60. The van der Waals surface area contributed by atoms with Crippen molar-refractivity contribution in [3.8, 4) is 0 Å². The highest BCUT2D eigenvalue weighted by Crippen LogP contribution is 2.33. The van der Waals surface area contributed by atoms with Crippen LogP contribution in [0.2, 0.25) is 0 Å². The Bertz CT molecular complexity index is 530. The molecule has 0 bridgehead atoms. The standard InChI is InChI=1S/C17H21NS/c1-12-7-9-15(10-8-12)18-13(2)17-11-14-5-3-4-6-16(14)19-17/h7-11,13,18H,3-6H2,1-2H3. The summed E-state index contributed by atoms with van der Waals surface area (Å²) in [6.07, 6.45) is 5.30. The summed E-state index contributed by atoms with van der Waals surface area (Å²) >= 11 is 2.00. The molecule has 0 saturated carbocycles. The predicted octanol–water partition coefficient (Wildman–Crippen LogP) is 5.11. The van der Waals surface area contributed by atoms with E-state index in [2.05, 4.69) is 49.5 Å². The van der Waals surface area contributed by atoms with Gasteiger partial charge in [-0.25, -0.2) is 0 Å². The van der Waals surface area contributed by atoms with Crippen LogP contribution in [0.15, 0.2) is 30.3 Å². The quantitative estimate of drug-likeness (QED) is 0.818. The van der Waals surface area contributed by atoms with E-state index in [9.17, 15) is 0 Å². The van der Waals surface area contributed by atoms with Crippen LogP contribution in [-0.2, 0) is 12.8 Å². The normalized spacial score (nSPS) is 15.9. The fourth-order valence-corrected chi connectivity index (χ4v) is 3.96. The first kappa shape index (κ1) is 12.7. The average Bonchev–Trinajstić information content (AvgIpc) is 2.85. The maximum Gasteiger partial charge on any atom is 0.0578 e. The zero-order valence-electron chi connectivity index (χ0n) is 11.7. The van der Waals surface area contributed by atoms with E-state index in [0.717, 1.165) is 0 Å². The van der Waals surface area contributed by atoms with Gasteiger partial charge in [-0.05, 0) is 63.3 Å². The largest absolute Gasteiger partial charge is 0.378 e. The maximum atomic E-state index is 3.60. The number of aryl methyl sites for hydroxylation is 3. The zero-order valence-corrected chi connectivity index (χ0v) is 12.5. The molecule has 19 heavy (non-hydrogen) atoms. The molecule has 0 radical (unpaired) electrons. The van der Waals surface area contributed by atoms with E-state index >= 15 is 0 Å². The fraction of sp³-hybridized carbons (Fsp3) is 0.412. The van der Waals surface area contributed by atoms with Crippen molar-refractivity contribution in [2.24, 2.45) is 0 Å². The molecule has 0 spiro atoms. The second-order valence-electron chi connectivity index (χ2n) is 5.54. The number of benzene rings is 1. The summed E-state index contributed by atoms with van der Waals surface area (Å²) in [6, 6.07) is 11.5. The van der Waals surface area contributed by atoms with Gasteiger partial charge in [-0.2, -0.15) is 0 Å². The number of fused-ring (bicyclic) bond motifs is 1. The van der Waals surface area contributed by atoms with Crippen LogP contribution < -0.4 is 5.32 Å². The molecule has 1 aromatic heterocycles. The second-order valence-corrected chi connectivity index (χ2v) is 6.70. The predicted molar refractivity (Wildman–Crippen MR) is 84.2 cm³/mol. The van der Waals surface area contributed by atoms with Gasteiger partial charge in [0.05, 0.1) is 6.04 Å². The van der Waals surface area contributed by atoms with Crippen LogP contribution in [0.5, 0.6) is 0 Å². The van der Waals surface area contributed by atoms with Gasteiger partial charge in [-0.3, -0.25) is 0 Å². The van der Waals surface area contributed by atoms with Gasteiger partial charge in [0, 0.05) is 15.4 Å². The fourth-order valence-electron chi connectivity index (χ4n) is 2.70. The lowest BCUT2D eigenvalue weighted by Crippen LogP contribution is -2.04. The minimum atomic E-state index is 0.401.